The summed E-state index contributed by atoms with van der Waals surface area (Å²) in [6.45, 7) is 11.8. The Morgan fingerprint density at radius 3 is 2.30 bits per heavy atom. The first kappa shape index (κ1) is 25.5. The second-order valence-corrected chi connectivity index (χ2v) is 14.2. The van der Waals surface area contributed by atoms with Crippen molar-refractivity contribution in [2.24, 2.45) is 0 Å². The fourth-order valence-electron chi connectivity index (χ4n) is 3.84. The lowest BCUT2D eigenvalue weighted by Crippen LogP contribution is -2.46. The number of hydrogen-bond acceptors (Lipinski definition) is 6. The molecule has 8 heteroatoms. The van der Waals surface area contributed by atoms with Gasteiger partial charge < -0.3 is 27.0 Å². The molecule has 1 heterocycles. The second-order valence-electron chi connectivity index (χ2n) is 8.21. The van der Waals surface area contributed by atoms with E-state index in [0.717, 1.165) is 49.2 Å². The molecule has 0 saturated carbocycles. The smallest absolute Gasteiger partial charge is 0.500 e. The van der Waals surface area contributed by atoms with Crippen LogP contribution in [-0.2, 0) is 30.7 Å². The summed E-state index contributed by atoms with van der Waals surface area (Å²) in [6, 6.07) is 8.40. The van der Waals surface area contributed by atoms with Crippen molar-refractivity contribution >= 4 is 17.4 Å². The molecule has 2 rings (SSSR count). The van der Waals surface area contributed by atoms with Crippen molar-refractivity contribution in [3.63, 3.8) is 0 Å². The zero-order valence-electron chi connectivity index (χ0n) is 19.8. The van der Waals surface area contributed by atoms with Crippen molar-refractivity contribution in [2.45, 2.75) is 65.3 Å². The van der Waals surface area contributed by atoms with Crippen LogP contribution in [0, 0.1) is 0 Å². The second kappa shape index (κ2) is 12.3. The molecule has 0 radical (unpaired) electrons. The van der Waals surface area contributed by atoms with Crippen LogP contribution in [0.4, 0.5) is 0 Å². The van der Waals surface area contributed by atoms with Gasteiger partial charge >= 0.3 is 17.4 Å². The topological polar surface area (TPSA) is 49.4 Å². The molecule has 1 aromatic carbocycles. The van der Waals surface area contributed by atoms with Gasteiger partial charge in [0.15, 0.2) is 0 Å². The fraction of sp³-hybridized carbons (Fsp3) is 0.727. The molecular weight excluding hydrogens is 414 g/mol. The highest BCUT2D eigenvalue weighted by Crippen LogP contribution is 2.33. The SMILES string of the molecule is CCO[Si](CCCc1ccc2c(c1)CO[Si](C)(CCCN(C)C)O2)(OCC)OCC. The third-order valence-electron chi connectivity index (χ3n) is 5.26. The quantitative estimate of drug-likeness (QED) is 0.382. The summed E-state index contributed by atoms with van der Waals surface area (Å²) in [5.74, 6) is 1.01. The van der Waals surface area contributed by atoms with Gasteiger partial charge in [0, 0.05) is 37.5 Å². The number of nitrogens with zero attached hydrogens (tertiary/aromatic N) is 1. The Labute approximate surface area is 185 Å². The van der Waals surface area contributed by atoms with E-state index in [0.29, 0.717) is 26.4 Å². The normalized spacial score (nSPS) is 19.0. The van der Waals surface area contributed by atoms with Crippen LogP contribution in [0.2, 0.25) is 18.6 Å². The number of benzene rings is 1. The van der Waals surface area contributed by atoms with E-state index in [2.05, 4.69) is 43.7 Å². The van der Waals surface area contributed by atoms with E-state index >= 15 is 0 Å². The fourth-order valence-corrected chi connectivity index (χ4v) is 8.69. The maximum absolute atomic E-state index is 6.36. The highest BCUT2D eigenvalue weighted by molar-refractivity contribution is 6.67. The highest BCUT2D eigenvalue weighted by atomic mass is 28.4. The van der Waals surface area contributed by atoms with E-state index < -0.39 is 17.4 Å². The number of rotatable bonds is 14. The molecule has 0 spiro atoms. The van der Waals surface area contributed by atoms with E-state index in [4.69, 9.17) is 22.1 Å². The van der Waals surface area contributed by atoms with Crippen LogP contribution < -0.4 is 4.43 Å². The maximum atomic E-state index is 6.36. The lowest BCUT2D eigenvalue weighted by atomic mass is 10.1. The number of hydrogen-bond donors (Lipinski definition) is 0. The first-order chi connectivity index (χ1) is 14.4. The third kappa shape index (κ3) is 7.74. The van der Waals surface area contributed by atoms with Gasteiger partial charge in [-0.05, 0) is 84.9 Å². The van der Waals surface area contributed by atoms with Crippen molar-refractivity contribution in [3.8, 4) is 5.75 Å². The van der Waals surface area contributed by atoms with Crippen LogP contribution in [0.5, 0.6) is 5.75 Å². The van der Waals surface area contributed by atoms with Crippen LogP contribution in [0.3, 0.4) is 0 Å². The summed E-state index contributed by atoms with van der Waals surface area (Å²) in [6.07, 6.45) is 3.05. The van der Waals surface area contributed by atoms with Crippen LogP contribution in [0.25, 0.3) is 0 Å². The average Bonchev–Trinajstić information content (AvgIpc) is 2.68. The predicted octanol–water partition coefficient (Wildman–Crippen LogP) is 4.60. The molecule has 1 aromatic rings. The lowest BCUT2D eigenvalue weighted by molar-refractivity contribution is 0.0708. The standard InChI is InChI=1S/C22H41NO5Si2/c1-7-24-30(25-8-2,26-9-3)17-10-12-20-13-14-22-21(18-20)19-27-29(6,28-22)16-11-15-23(4)5/h13-14,18H,7-12,15-17,19H2,1-6H3. The number of aryl methyl sites for hydroxylation is 1. The molecule has 1 aliphatic heterocycles. The molecule has 172 valence electrons. The molecule has 0 N–H and O–H groups in total. The summed E-state index contributed by atoms with van der Waals surface area (Å²) >= 11 is 0. The van der Waals surface area contributed by atoms with Gasteiger partial charge in [0.05, 0.1) is 6.61 Å². The Kier molecular flexibility index (Phi) is 10.5. The minimum atomic E-state index is -2.57. The summed E-state index contributed by atoms with van der Waals surface area (Å²) in [5, 5.41) is 0. The molecule has 6 nitrogen and oxygen atoms in total. The van der Waals surface area contributed by atoms with Crippen molar-refractivity contribution in [1.82, 2.24) is 4.90 Å². The molecule has 0 saturated heterocycles. The highest BCUT2D eigenvalue weighted by Gasteiger charge is 2.40. The van der Waals surface area contributed by atoms with Gasteiger partial charge in [-0.3, -0.25) is 0 Å². The Morgan fingerprint density at radius 1 is 1.03 bits per heavy atom. The predicted molar refractivity (Wildman–Crippen MR) is 125 cm³/mol. The first-order valence-electron chi connectivity index (χ1n) is 11.4. The summed E-state index contributed by atoms with van der Waals surface area (Å²) in [5.41, 5.74) is 2.46. The molecule has 1 aliphatic rings. The van der Waals surface area contributed by atoms with Gasteiger partial charge in [-0.25, -0.2) is 0 Å². The zero-order chi connectivity index (χ0) is 22.0. The van der Waals surface area contributed by atoms with E-state index in [-0.39, 0.29) is 0 Å². The van der Waals surface area contributed by atoms with Gasteiger partial charge in [-0.15, -0.1) is 0 Å². The van der Waals surface area contributed by atoms with E-state index in [1.807, 2.05) is 20.8 Å². The zero-order valence-corrected chi connectivity index (χ0v) is 21.8. The van der Waals surface area contributed by atoms with Crippen LogP contribution in [-0.4, -0.2) is 62.7 Å². The van der Waals surface area contributed by atoms with Crippen molar-refractivity contribution in [1.29, 1.82) is 0 Å². The molecule has 1 atom stereocenters. The Hall–Kier alpha value is -0.746. The van der Waals surface area contributed by atoms with Gasteiger partial charge in [-0.2, -0.15) is 0 Å². The molecule has 0 bridgehead atoms. The summed E-state index contributed by atoms with van der Waals surface area (Å²) < 4.78 is 30.5. The summed E-state index contributed by atoms with van der Waals surface area (Å²) in [7, 11) is -0.478. The van der Waals surface area contributed by atoms with Crippen molar-refractivity contribution in [2.75, 3.05) is 40.5 Å². The lowest BCUT2D eigenvalue weighted by Gasteiger charge is -2.34. The Bertz CT molecular complexity index is 629. The minimum Gasteiger partial charge on any atom is -0.520 e. The van der Waals surface area contributed by atoms with Crippen LogP contribution >= 0.6 is 0 Å². The largest absolute Gasteiger partial charge is 0.520 e. The van der Waals surface area contributed by atoms with Crippen LogP contribution in [0.15, 0.2) is 18.2 Å². The van der Waals surface area contributed by atoms with Gasteiger partial charge in [0.25, 0.3) is 0 Å². The molecular formula is C22H41NO5Si2. The van der Waals surface area contributed by atoms with Gasteiger partial charge in [0.1, 0.15) is 5.75 Å². The maximum Gasteiger partial charge on any atom is 0.500 e. The van der Waals surface area contributed by atoms with Gasteiger partial charge in [0.2, 0.25) is 0 Å². The Balaban J connectivity index is 1.92. The van der Waals surface area contributed by atoms with Crippen molar-refractivity contribution < 1.29 is 22.1 Å². The molecule has 0 amide bonds. The van der Waals surface area contributed by atoms with E-state index in [9.17, 15) is 0 Å². The van der Waals surface area contributed by atoms with Crippen molar-refractivity contribution in [3.05, 3.63) is 29.3 Å². The molecule has 1 unspecified atom stereocenters. The molecule has 30 heavy (non-hydrogen) atoms. The monoisotopic (exact) mass is 455 g/mol. The van der Waals surface area contributed by atoms with E-state index in [1.165, 1.54) is 5.56 Å². The minimum absolute atomic E-state index is 0.622. The third-order valence-corrected chi connectivity index (χ3v) is 11.1. The molecule has 0 fully saturated rings. The van der Waals surface area contributed by atoms with Crippen LogP contribution in [0.1, 0.15) is 44.7 Å². The Morgan fingerprint density at radius 2 is 1.70 bits per heavy atom. The molecule has 0 aliphatic carbocycles. The summed E-state index contributed by atoms with van der Waals surface area (Å²) in [4.78, 5) is 2.21. The molecule has 0 aromatic heterocycles. The van der Waals surface area contributed by atoms with Gasteiger partial charge in [-0.1, -0.05) is 6.07 Å². The number of fused-ring (bicyclic) bond motifs is 1. The van der Waals surface area contributed by atoms with E-state index in [1.54, 1.807) is 0 Å². The average molecular weight is 456 g/mol. The first-order valence-corrected chi connectivity index (χ1v) is 15.8.